The van der Waals surface area contributed by atoms with Crippen molar-refractivity contribution in [3.05, 3.63) is 53.1 Å². The Morgan fingerprint density at radius 3 is 2.20 bits per heavy atom. The topological polar surface area (TPSA) is 52.7 Å². The van der Waals surface area contributed by atoms with Crippen LogP contribution in [0.25, 0.3) is 0 Å². The number of hydrogen-bond acceptors (Lipinski definition) is 3. The van der Waals surface area contributed by atoms with Gasteiger partial charge in [-0.25, -0.2) is 0 Å². The molecule has 1 N–H and O–H groups in total. The second kappa shape index (κ2) is 8.03. The third-order valence-electron chi connectivity index (χ3n) is 3.83. The molecular weight excluding hydrogens is 338 g/mol. The van der Waals surface area contributed by atoms with Gasteiger partial charge in [0.05, 0.1) is 0 Å². The molecule has 2 aromatic carbocycles. The average Bonchev–Trinajstić information content (AvgIpc) is 2.56. The van der Waals surface area contributed by atoms with Gasteiger partial charge in [-0.3, -0.25) is 9.59 Å². The Morgan fingerprint density at radius 2 is 1.64 bits per heavy atom. The standard InChI is InChI=1S/C19H22ClN3O2/c1-13-5-6-15(20)11-18(13)21-19(25)12-23(14(2)24)17-9-7-16(8-10-17)22(3)4/h5-11H,12H2,1-4H3,(H,21,25). The maximum atomic E-state index is 12.4. The molecule has 0 fully saturated rings. The number of nitrogens with one attached hydrogen (secondary N) is 1. The number of rotatable bonds is 5. The lowest BCUT2D eigenvalue weighted by atomic mass is 10.2. The van der Waals surface area contributed by atoms with Crippen LogP contribution in [0.2, 0.25) is 5.02 Å². The first kappa shape index (κ1) is 18.8. The molecule has 6 heteroatoms. The number of aryl methyl sites for hydroxylation is 1. The van der Waals surface area contributed by atoms with Gasteiger partial charge in [-0.2, -0.15) is 0 Å². The molecule has 132 valence electrons. The zero-order valence-corrected chi connectivity index (χ0v) is 15.6. The molecule has 0 saturated heterocycles. The fourth-order valence-corrected chi connectivity index (χ4v) is 2.55. The number of carbonyl (C=O) groups is 2. The van der Waals surface area contributed by atoms with E-state index in [0.29, 0.717) is 16.4 Å². The van der Waals surface area contributed by atoms with E-state index in [1.54, 1.807) is 12.1 Å². The number of nitrogens with zero attached hydrogens (tertiary/aromatic N) is 2. The van der Waals surface area contributed by atoms with Gasteiger partial charge in [0.1, 0.15) is 6.54 Å². The van der Waals surface area contributed by atoms with Crippen molar-refractivity contribution >= 4 is 40.5 Å². The van der Waals surface area contributed by atoms with E-state index in [9.17, 15) is 9.59 Å². The molecule has 0 spiro atoms. The molecule has 5 nitrogen and oxygen atoms in total. The lowest BCUT2D eigenvalue weighted by molar-refractivity contribution is -0.120. The van der Waals surface area contributed by atoms with Crippen LogP contribution >= 0.6 is 11.6 Å². The van der Waals surface area contributed by atoms with E-state index >= 15 is 0 Å². The van der Waals surface area contributed by atoms with E-state index in [4.69, 9.17) is 11.6 Å². The quantitative estimate of drug-likeness (QED) is 0.885. The van der Waals surface area contributed by atoms with Crippen LogP contribution in [0, 0.1) is 6.92 Å². The summed E-state index contributed by atoms with van der Waals surface area (Å²) in [5, 5.41) is 3.36. The Balaban J connectivity index is 2.14. The van der Waals surface area contributed by atoms with Crippen molar-refractivity contribution in [2.45, 2.75) is 13.8 Å². The molecule has 25 heavy (non-hydrogen) atoms. The smallest absolute Gasteiger partial charge is 0.244 e. The minimum atomic E-state index is -0.280. The van der Waals surface area contributed by atoms with E-state index < -0.39 is 0 Å². The maximum Gasteiger partial charge on any atom is 0.244 e. The van der Waals surface area contributed by atoms with Gasteiger partial charge in [0.15, 0.2) is 0 Å². The summed E-state index contributed by atoms with van der Waals surface area (Å²) in [5.41, 5.74) is 3.24. The molecule has 2 aromatic rings. The van der Waals surface area contributed by atoms with Crippen LogP contribution in [-0.4, -0.2) is 32.5 Å². The van der Waals surface area contributed by atoms with E-state index in [1.165, 1.54) is 11.8 Å². The number of anilines is 3. The Hall–Kier alpha value is -2.53. The van der Waals surface area contributed by atoms with Crippen LogP contribution in [-0.2, 0) is 9.59 Å². The normalized spacial score (nSPS) is 10.3. The van der Waals surface area contributed by atoms with Gasteiger partial charge in [-0.05, 0) is 48.9 Å². The van der Waals surface area contributed by atoms with Crippen LogP contribution in [0.4, 0.5) is 17.1 Å². The van der Waals surface area contributed by atoms with Gasteiger partial charge >= 0.3 is 0 Å². The molecule has 0 heterocycles. The summed E-state index contributed by atoms with van der Waals surface area (Å²) in [6.45, 7) is 3.26. The zero-order valence-electron chi connectivity index (χ0n) is 14.8. The zero-order chi connectivity index (χ0) is 18.6. The maximum absolute atomic E-state index is 12.4. The van der Waals surface area contributed by atoms with Crippen LogP contribution in [0.5, 0.6) is 0 Å². The molecule has 0 aliphatic carbocycles. The lowest BCUT2D eigenvalue weighted by Crippen LogP contribution is -2.36. The number of benzene rings is 2. The van der Waals surface area contributed by atoms with Crippen LogP contribution < -0.4 is 15.1 Å². The molecule has 2 amide bonds. The summed E-state index contributed by atoms with van der Waals surface area (Å²) in [7, 11) is 3.89. The van der Waals surface area contributed by atoms with Crippen molar-refractivity contribution in [3.8, 4) is 0 Å². The van der Waals surface area contributed by atoms with E-state index in [2.05, 4.69) is 5.32 Å². The SMILES string of the molecule is CC(=O)N(CC(=O)Nc1cc(Cl)ccc1C)c1ccc(N(C)C)cc1. The van der Waals surface area contributed by atoms with Crippen LogP contribution in [0.3, 0.4) is 0 Å². The number of hydrogen-bond donors (Lipinski definition) is 1. The molecule has 0 aromatic heterocycles. The van der Waals surface area contributed by atoms with Gasteiger partial charge in [-0.1, -0.05) is 17.7 Å². The first-order chi connectivity index (χ1) is 11.8. The Kier molecular flexibility index (Phi) is 6.04. The molecular formula is C19H22ClN3O2. The third kappa shape index (κ3) is 4.97. The van der Waals surface area contributed by atoms with E-state index in [1.807, 2.05) is 56.3 Å². The third-order valence-corrected chi connectivity index (χ3v) is 4.07. The van der Waals surface area contributed by atoms with Gasteiger partial charge in [-0.15, -0.1) is 0 Å². The predicted octanol–water partition coefficient (Wildman–Crippen LogP) is 3.71. The summed E-state index contributed by atoms with van der Waals surface area (Å²) in [6.07, 6.45) is 0. The number of amides is 2. The van der Waals surface area contributed by atoms with E-state index in [0.717, 1.165) is 11.3 Å². The highest BCUT2D eigenvalue weighted by atomic mass is 35.5. The summed E-state index contributed by atoms with van der Waals surface area (Å²) in [6, 6.07) is 12.8. The Labute approximate surface area is 153 Å². The van der Waals surface area contributed by atoms with Gasteiger partial charge in [0.2, 0.25) is 11.8 Å². The molecule has 0 atom stereocenters. The summed E-state index contributed by atoms with van der Waals surface area (Å²) < 4.78 is 0. The molecule has 2 rings (SSSR count). The second-order valence-electron chi connectivity index (χ2n) is 6.02. The average molecular weight is 360 g/mol. The first-order valence-corrected chi connectivity index (χ1v) is 8.27. The highest BCUT2D eigenvalue weighted by Crippen LogP contribution is 2.22. The molecule has 0 saturated carbocycles. The fraction of sp³-hybridized carbons (Fsp3) is 0.263. The minimum absolute atomic E-state index is 0.0669. The minimum Gasteiger partial charge on any atom is -0.378 e. The summed E-state index contributed by atoms with van der Waals surface area (Å²) in [5.74, 6) is -0.479. The lowest BCUT2D eigenvalue weighted by Gasteiger charge is -2.22. The Bertz CT molecular complexity index is 773. The van der Waals surface area contributed by atoms with Crippen molar-refractivity contribution in [2.24, 2.45) is 0 Å². The van der Waals surface area contributed by atoms with Gasteiger partial charge in [0, 0.05) is 43.1 Å². The van der Waals surface area contributed by atoms with Crippen molar-refractivity contribution in [3.63, 3.8) is 0 Å². The predicted molar refractivity (Wildman–Crippen MR) is 104 cm³/mol. The highest BCUT2D eigenvalue weighted by molar-refractivity contribution is 6.31. The van der Waals surface area contributed by atoms with Gasteiger partial charge < -0.3 is 15.1 Å². The largest absolute Gasteiger partial charge is 0.378 e. The molecule has 0 bridgehead atoms. The van der Waals surface area contributed by atoms with Crippen molar-refractivity contribution in [1.82, 2.24) is 0 Å². The van der Waals surface area contributed by atoms with Gasteiger partial charge in [0.25, 0.3) is 0 Å². The monoisotopic (exact) mass is 359 g/mol. The Morgan fingerprint density at radius 1 is 1.04 bits per heavy atom. The molecule has 0 radical (unpaired) electrons. The molecule has 0 aliphatic rings. The van der Waals surface area contributed by atoms with E-state index in [-0.39, 0.29) is 18.4 Å². The van der Waals surface area contributed by atoms with Crippen molar-refractivity contribution in [2.75, 3.05) is 35.8 Å². The molecule has 0 unspecified atom stereocenters. The van der Waals surface area contributed by atoms with Crippen molar-refractivity contribution in [1.29, 1.82) is 0 Å². The van der Waals surface area contributed by atoms with Crippen LogP contribution in [0.15, 0.2) is 42.5 Å². The number of halogens is 1. The second-order valence-corrected chi connectivity index (χ2v) is 6.46. The summed E-state index contributed by atoms with van der Waals surface area (Å²) >= 11 is 5.97. The summed E-state index contributed by atoms with van der Waals surface area (Å²) in [4.78, 5) is 27.8. The fourth-order valence-electron chi connectivity index (χ4n) is 2.38. The number of carbonyl (C=O) groups excluding carboxylic acids is 2. The molecule has 0 aliphatic heterocycles. The van der Waals surface area contributed by atoms with Crippen LogP contribution in [0.1, 0.15) is 12.5 Å². The first-order valence-electron chi connectivity index (χ1n) is 7.89. The highest BCUT2D eigenvalue weighted by Gasteiger charge is 2.16. The van der Waals surface area contributed by atoms with Crippen molar-refractivity contribution < 1.29 is 9.59 Å².